The largest absolute Gasteiger partial charge is 0.481 e. The molecule has 1 aliphatic heterocycles. The lowest BCUT2D eigenvalue weighted by Crippen LogP contribution is -2.50. The normalized spacial score (nSPS) is 17.9. The van der Waals surface area contributed by atoms with E-state index in [2.05, 4.69) is 34.1 Å². The number of hydrogen-bond acceptors (Lipinski definition) is 3. The summed E-state index contributed by atoms with van der Waals surface area (Å²) in [5, 5.41) is 9.20. The smallest absolute Gasteiger partial charge is 0.310 e. The molecule has 0 bridgehead atoms. The summed E-state index contributed by atoms with van der Waals surface area (Å²) in [5.41, 5.74) is 0.555. The zero-order valence-electron chi connectivity index (χ0n) is 13.5. The topological polar surface area (TPSA) is 43.8 Å². The van der Waals surface area contributed by atoms with Crippen molar-refractivity contribution < 1.29 is 9.90 Å². The molecule has 0 amide bonds. The maximum absolute atomic E-state index is 11.2. The minimum atomic E-state index is -0.722. The summed E-state index contributed by atoms with van der Waals surface area (Å²) < 4.78 is 0. The molecule has 1 aromatic rings. The van der Waals surface area contributed by atoms with Crippen LogP contribution in [0, 0.1) is 5.41 Å². The molecule has 1 heterocycles. The van der Waals surface area contributed by atoms with Gasteiger partial charge in [0, 0.05) is 39.3 Å². The predicted octanol–water partition coefficient (Wildman–Crippen LogP) is 2.43. The third-order valence-electron chi connectivity index (χ3n) is 4.14. The first kappa shape index (κ1) is 16.7. The van der Waals surface area contributed by atoms with Crippen LogP contribution in [0.5, 0.6) is 0 Å². The minimum absolute atomic E-state index is 0.621. The van der Waals surface area contributed by atoms with Crippen molar-refractivity contribution in [3.8, 4) is 0 Å². The van der Waals surface area contributed by atoms with Crippen molar-refractivity contribution in [2.24, 2.45) is 5.41 Å². The fourth-order valence-electron chi connectivity index (χ4n) is 2.66. The van der Waals surface area contributed by atoms with Gasteiger partial charge in [-0.25, -0.2) is 0 Å². The van der Waals surface area contributed by atoms with Crippen molar-refractivity contribution in [3.05, 3.63) is 42.0 Å². The quantitative estimate of drug-likeness (QED) is 0.876. The van der Waals surface area contributed by atoms with Crippen molar-refractivity contribution in [3.63, 3.8) is 0 Å². The molecule has 0 spiro atoms. The van der Waals surface area contributed by atoms with Crippen LogP contribution in [0.3, 0.4) is 0 Å². The fraction of sp³-hybridized carbons (Fsp3) is 0.500. The molecular weight excluding hydrogens is 276 g/mol. The SMILES string of the molecule is CC(C)(CN1CCN(C/C=C/c2ccccc2)CC1)C(=O)O. The summed E-state index contributed by atoms with van der Waals surface area (Å²) in [6, 6.07) is 10.3. The van der Waals surface area contributed by atoms with Gasteiger partial charge in [-0.05, 0) is 19.4 Å². The van der Waals surface area contributed by atoms with Gasteiger partial charge in [-0.2, -0.15) is 0 Å². The van der Waals surface area contributed by atoms with Crippen LogP contribution >= 0.6 is 0 Å². The van der Waals surface area contributed by atoms with Crippen molar-refractivity contribution in [1.82, 2.24) is 9.80 Å². The first-order valence-corrected chi connectivity index (χ1v) is 7.87. The number of carboxylic acid groups (broad SMARTS) is 1. The summed E-state index contributed by atoms with van der Waals surface area (Å²) in [4.78, 5) is 15.9. The second kappa shape index (κ2) is 7.56. The van der Waals surface area contributed by atoms with E-state index in [1.54, 1.807) is 13.8 Å². The highest BCUT2D eigenvalue weighted by Gasteiger charge is 2.30. The van der Waals surface area contributed by atoms with Gasteiger partial charge in [0.15, 0.2) is 0 Å². The Kier molecular flexibility index (Phi) is 5.75. The van der Waals surface area contributed by atoms with E-state index < -0.39 is 11.4 Å². The summed E-state index contributed by atoms with van der Waals surface area (Å²) in [7, 11) is 0. The number of hydrogen-bond donors (Lipinski definition) is 1. The zero-order chi connectivity index (χ0) is 16.0. The van der Waals surface area contributed by atoms with Crippen molar-refractivity contribution in [2.45, 2.75) is 13.8 Å². The molecule has 0 saturated carbocycles. The third kappa shape index (κ3) is 4.97. The van der Waals surface area contributed by atoms with Gasteiger partial charge in [0.25, 0.3) is 0 Å². The molecule has 1 aromatic carbocycles. The number of carbonyl (C=O) groups is 1. The van der Waals surface area contributed by atoms with E-state index in [4.69, 9.17) is 0 Å². The summed E-state index contributed by atoms with van der Waals surface area (Å²) in [5.74, 6) is -0.722. The van der Waals surface area contributed by atoms with Gasteiger partial charge in [-0.15, -0.1) is 0 Å². The lowest BCUT2D eigenvalue weighted by Gasteiger charge is -2.37. The average molecular weight is 302 g/mol. The first-order chi connectivity index (χ1) is 10.5. The number of nitrogens with zero attached hydrogens (tertiary/aromatic N) is 2. The van der Waals surface area contributed by atoms with Crippen molar-refractivity contribution >= 4 is 12.0 Å². The molecule has 1 aliphatic rings. The molecule has 0 atom stereocenters. The van der Waals surface area contributed by atoms with Crippen LogP contribution in [0.2, 0.25) is 0 Å². The van der Waals surface area contributed by atoms with Crippen LogP contribution in [-0.2, 0) is 4.79 Å². The molecule has 1 fully saturated rings. The Labute approximate surface area is 133 Å². The average Bonchev–Trinajstić information content (AvgIpc) is 2.50. The van der Waals surface area contributed by atoms with E-state index >= 15 is 0 Å². The Hall–Kier alpha value is -1.65. The lowest BCUT2D eigenvalue weighted by molar-refractivity contribution is -0.148. The number of piperazine rings is 1. The Balaban J connectivity index is 1.73. The maximum Gasteiger partial charge on any atom is 0.310 e. The maximum atomic E-state index is 11.2. The van der Waals surface area contributed by atoms with Crippen LogP contribution in [0.4, 0.5) is 0 Å². The third-order valence-corrected chi connectivity index (χ3v) is 4.14. The first-order valence-electron chi connectivity index (χ1n) is 7.87. The summed E-state index contributed by atoms with van der Waals surface area (Å²) in [6.07, 6.45) is 4.35. The predicted molar refractivity (Wildman–Crippen MR) is 89.8 cm³/mol. The fourth-order valence-corrected chi connectivity index (χ4v) is 2.66. The standard InChI is InChI=1S/C18H26N2O2/c1-18(2,17(21)22)15-20-13-11-19(12-14-20)10-6-9-16-7-4-3-5-8-16/h3-9H,10-15H2,1-2H3,(H,21,22)/b9-6+. The highest BCUT2D eigenvalue weighted by atomic mass is 16.4. The second-order valence-electron chi connectivity index (χ2n) is 6.58. The molecular formula is C18H26N2O2. The number of rotatable bonds is 6. The molecule has 22 heavy (non-hydrogen) atoms. The molecule has 1 N–H and O–H groups in total. The molecule has 120 valence electrons. The van der Waals surface area contributed by atoms with Crippen LogP contribution in [0.25, 0.3) is 6.08 Å². The molecule has 2 rings (SSSR count). The molecule has 4 nitrogen and oxygen atoms in total. The molecule has 4 heteroatoms. The van der Waals surface area contributed by atoms with Crippen LogP contribution < -0.4 is 0 Å². The molecule has 1 saturated heterocycles. The highest BCUT2D eigenvalue weighted by Crippen LogP contribution is 2.18. The Morgan fingerprint density at radius 3 is 2.32 bits per heavy atom. The van der Waals surface area contributed by atoms with Crippen molar-refractivity contribution in [1.29, 1.82) is 0 Å². The second-order valence-corrected chi connectivity index (χ2v) is 6.58. The zero-order valence-corrected chi connectivity index (χ0v) is 13.5. The number of benzene rings is 1. The lowest BCUT2D eigenvalue weighted by atomic mass is 9.93. The Morgan fingerprint density at radius 1 is 1.14 bits per heavy atom. The van der Waals surface area contributed by atoms with Gasteiger partial charge in [-0.3, -0.25) is 14.6 Å². The van der Waals surface area contributed by atoms with E-state index in [-0.39, 0.29) is 0 Å². The molecule has 0 unspecified atom stereocenters. The van der Waals surface area contributed by atoms with E-state index in [1.165, 1.54) is 5.56 Å². The highest BCUT2D eigenvalue weighted by molar-refractivity contribution is 5.73. The van der Waals surface area contributed by atoms with Gasteiger partial charge in [0.1, 0.15) is 0 Å². The van der Waals surface area contributed by atoms with Crippen LogP contribution in [0.1, 0.15) is 19.4 Å². The molecule has 0 aliphatic carbocycles. The minimum Gasteiger partial charge on any atom is -0.481 e. The van der Waals surface area contributed by atoms with E-state index in [1.807, 2.05) is 18.2 Å². The van der Waals surface area contributed by atoms with E-state index in [0.29, 0.717) is 6.54 Å². The molecule has 0 aromatic heterocycles. The van der Waals surface area contributed by atoms with Gasteiger partial charge in [0.05, 0.1) is 5.41 Å². The van der Waals surface area contributed by atoms with Crippen molar-refractivity contribution in [2.75, 3.05) is 39.3 Å². The van der Waals surface area contributed by atoms with Gasteiger partial charge < -0.3 is 5.11 Å². The number of carboxylic acids is 1. The summed E-state index contributed by atoms with van der Waals surface area (Å²) in [6.45, 7) is 9.03. The van der Waals surface area contributed by atoms with Gasteiger partial charge in [-0.1, -0.05) is 42.5 Å². The molecule has 0 radical (unpaired) electrons. The Morgan fingerprint density at radius 2 is 1.73 bits per heavy atom. The van der Waals surface area contributed by atoms with Crippen LogP contribution in [0.15, 0.2) is 36.4 Å². The van der Waals surface area contributed by atoms with Crippen LogP contribution in [-0.4, -0.2) is 60.1 Å². The summed E-state index contributed by atoms with van der Waals surface area (Å²) >= 11 is 0. The van der Waals surface area contributed by atoms with E-state index in [9.17, 15) is 9.90 Å². The number of aliphatic carboxylic acids is 1. The van der Waals surface area contributed by atoms with Gasteiger partial charge in [0.2, 0.25) is 0 Å². The van der Waals surface area contributed by atoms with E-state index in [0.717, 1.165) is 32.7 Å². The monoisotopic (exact) mass is 302 g/mol. The Bertz CT molecular complexity index is 503. The van der Waals surface area contributed by atoms with Gasteiger partial charge >= 0.3 is 5.97 Å².